The number of hydrogen-bond acceptors (Lipinski definition) is 3. The fourth-order valence-corrected chi connectivity index (χ4v) is 1.63. The van der Waals surface area contributed by atoms with Gasteiger partial charge in [-0.2, -0.15) is 0 Å². The molecule has 15 heavy (non-hydrogen) atoms. The van der Waals surface area contributed by atoms with E-state index in [1.54, 1.807) is 7.11 Å². The molecular weight excluding hydrogens is 188 g/mol. The average molecular weight is 216 g/mol. The molecule has 0 aliphatic heterocycles. The summed E-state index contributed by atoms with van der Waals surface area (Å²) in [5.74, 6) is 0. The average Bonchev–Trinajstić information content (AvgIpc) is 2.12. The highest BCUT2D eigenvalue weighted by Crippen LogP contribution is 2.19. The fraction of sp³-hybridized carbons (Fsp3) is 1.00. The van der Waals surface area contributed by atoms with Crippen molar-refractivity contribution in [3.8, 4) is 0 Å². The molecule has 3 nitrogen and oxygen atoms in total. The Balaban J connectivity index is 4.18. The summed E-state index contributed by atoms with van der Waals surface area (Å²) in [7, 11) is 5.94. The van der Waals surface area contributed by atoms with Gasteiger partial charge in [-0.05, 0) is 26.4 Å². The summed E-state index contributed by atoms with van der Waals surface area (Å²) in [6.45, 7) is 10.8. The molecule has 1 N–H and O–H groups in total. The molecule has 92 valence electrons. The molecule has 0 saturated heterocycles. The lowest BCUT2D eigenvalue weighted by atomic mass is 9.86. The predicted octanol–water partition coefficient (Wildman–Crippen LogP) is 1.59. The highest BCUT2D eigenvalue weighted by molar-refractivity contribution is 4.82. The maximum absolute atomic E-state index is 5.16. The van der Waals surface area contributed by atoms with Crippen molar-refractivity contribution in [1.82, 2.24) is 10.2 Å². The minimum Gasteiger partial charge on any atom is -0.383 e. The first kappa shape index (κ1) is 14.9. The number of methoxy groups -OCH3 is 1. The van der Waals surface area contributed by atoms with Crippen molar-refractivity contribution in [2.45, 2.75) is 39.8 Å². The first-order chi connectivity index (χ1) is 6.82. The number of ether oxygens (including phenoxy) is 1. The molecule has 0 aliphatic carbocycles. The van der Waals surface area contributed by atoms with Crippen molar-refractivity contribution in [3.05, 3.63) is 0 Å². The summed E-state index contributed by atoms with van der Waals surface area (Å²) in [5, 5.41) is 3.39. The second-order valence-electron chi connectivity index (χ2n) is 5.45. The van der Waals surface area contributed by atoms with Crippen LogP contribution in [0.1, 0.15) is 27.7 Å². The van der Waals surface area contributed by atoms with Gasteiger partial charge in [0.25, 0.3) is 0 Å². The van der Waals surface area contributed by atoms with Crippen molar-refractivity contribution < 1.29 is 4.74 Å². The lowest BCUT2D eigenvalue weighted by Crippen LogP contribution is -2.48. The Hall–Kier alpha value is -0.120. The minimum absolute atomic E-state index is 0.288. The lowest BCUT2D eigenvalue weighted by Gasteiger charge is -2.35. The van der Waals surface area contributed by atoms with Gasteiger partial charge in [-0.3, -0.25) is 4.90 Å². The largest absolute Gasteiger partial charge is 0.383 e. The summed E-state index contributed by atoms with van der Waals surface area (Å²) >= 11 is 0. The third kappa shape index (κ3) is 5.50. The van der Waals surface area contributed by atoms with E-state index in [1.807, 2.05) is 7.05 Å². The smallest absolute Gasteiger partial charge is 0.0615 e. The third-order valence-corrected chi connectivity index (χ3v) is 3.02. The quantitative estimate of drug-likeness (QED) is 0.730. The molecule has 0 rings (SSSR count). The highest BCUT2D eigenvalue weighted by Gasteiger charge is 2.25. The van der Waals surface area contributed by atoms with E-state index >= 15 is 0 Å². The van der Waals surface area contributed by atoms with Gasteiger partial charge in [-0.15, -0.1) is 0 Å². The normalized spacial score (nSPS) is 16.8. The summed E-state index contributed by atoms with van der Waals surface area (Å²) in [4.78, 5) is 2.34. The van der Waals surface area contributed by atoms with Gasteiger partial charge in [-0.1, -0.05) is 20.8 Å². The fourth-order valence-electron chi connectivity index (χ4n) is 1.63. The second-order valence-corrected chi connectivity index (χ2v) is 5.45. The van der Waals surface area contributed by atoms with E-state index in [-0.39, 0.29) is 5.41 Å². The van der Waals surface area contributed by atoms with Gasteiger partial charge < -0.3 is 10.1 Å². The molecule has 2 atom stereocenters. The zero-order chi connectivity index (χ0) is 12.1. The van der Waals surface area contributed by atoms with Crippen LogP contribution >= 0.6 is 0 Å². The van der Waals surface area contributed by atoms with Crippen LogP contribution in [0, 0.1) is 5.41 Å². The first-order valence-corrected chi connectivity index (χ1v) is 5.69. The molecule has 0 spiro atoms. The minimum atomic E-state index is 0.288. The summed E-state index contributed by atoms with van der Waals surface area (Å²) in [5.41, 5.74) is 0.288. The molecule has 0 saturated carbocycles. The van der Waals surface area contributed by atoms with Gasteiger partial charge >= 0.3 is 0 Å². The summed E-state index contributed by atoms with van der Waals surface area (Å²) in [6.07, 6.45) is 0. The van der Waals surface area contributed by atoms with E-state index in [4.69, 9.17) is 4.74 Å². The molecule has 0 fully saturated rings. The molecule has 0 aliphatic rings. The Labute approximate surface area is 95.2 Å². The Morgan fingerprint density at radius 3 is 2.20 bits per heavy atom. The first-order valence-electron chi connectivity index (χ1n) is 5.69. The Morgan fingerprint density at radius 1 is 1.33 bits per heavy atom. The van der Waals surface area contributed by atoms with Crippen LogP contribution in [-0.4, -0.2) is 51.3 Å². The van der Waals surface area contributed by atoms with Crippen molar-refractivity contribution in [1.29, 1.82) is 0 Å². The molecule has 0 radical (unpaired) electrons. The molecular formula is C12H28N2O. The maximum Gasteiger partial charge on any atom is 0.0615 e. The van der Waals surface area contributed by atoms with E-state index < -0.39 is 0 Å². The van der Waals surface area contributed by atoms with Gasteiger partial charge in [0.1, 0.15) is 0 Å². The SMILES string of the molecule is CNC(CN(C)C(C)COC)C(C)(C)C. The van der Waals surface area contributed by atoms with Crippen molar-refractivity contribution in [3.63, 3.8) is 0 Å². The number of nitrogens with zero attached hydrogens (tertiary/aromatic N) is 1. The molecule has 3 heteroatoms. The van der Waals surface area contributed by atoms with Crippen LogP contribution < -0.4 is 5.32 Å². The summed E-state index contributed by atoms with van der Waals surface area (Å²) in [6, 6.07) is 0.968. The van der Waals surface area contributed by atoms with Crippen LogP contribution in [-0.2, 0) is 4.74 Å². The van der Waals surface area contributed by atoms with Crippen LogP contribution in [0.25, 0.3) is 0 Å². The van der Waals surface area contributed by atoms with Gasteiger partial charge in [0.05, 0.1) is 6.61 Å². The Morgan fingerprint density at radius 2 is 1.87 bits per heavy atom. The van der Waals surface area contributed by atoms with Crippen LogP contribution in [0.2, 0.25) is 0 Å². The number of rotatable bonds is 6. The monoisotopic (exact) mass is 216 g/mol. The topological polar surface area (TPSA) is 24.5 Å². The van der Waals surface area contributed by atoms with Crippen molar-refractivity contribution in [2.24, 2.45) is 5.41 Å². The van der Waals surface area contributed by atoms with Gasteiger partial charge in [-0.25, -0.2) is 0 Å². The van der Waals surface area contributed by atoms with Crippen molar-refractivity contribution >= 4 is 0 Å². The molecule has 0 bridgehead atoms. The van der Waals surface area contributed by atoms with Crippen LogP contribution in [0.15, 0.2) is 0 Å². The maximum atomic E-state index is 5.16. The lowest BCUT2D eigenvalue weighted by molar-refractivity contribution is 0.0966. The summed E-state index contributed by atoms with van der Waals surface area (Å²) < 4.78 is 5.16. The van der Waals surface area contributed by atoms with E-state index in [2.05, 4.69) is 45.0 Å². The zero-order valence-electron chi connectivity index (χ0n) is 11.4. The molecule has 0 aromatic carbocycles. The molecule has 0 heterocycles. The van der Waals surface area contributed by atoms with E-state index in [0.29, 0.717) is 12.1 Å². The molecule has 2 unspecified atom stereocenters. The van der Waals surface area contributed by atoms with Crippen LogP contribution in [0.4, 0.5) is 0 Å². The molecule has 0 aromatic rings. The van der Waals surface area contributed by atoms with Crippen LogP contribution in [0.3, 0.4) is 0 Å². The second kappa shape index (κ2) is 6.46. The molecule has 0 amide bonds. The van der Waals surface area contributed by atoms with Gasteiger partial charge in [0, 0.05) is 25.7 Å². The molecule has 0 aromatic heterocycles. The van der Waals surface area contributed by atoms with E-state index in [0.717, 1.165) is 13.2 Å². The predicted molar refractivity (Wildman–Crippen MR) is 66.3 cm³/mol. The standard InChI is InChI=1S/C12H28N2O/c1-10(9-15-7)14(6)8-11(13-5)12(2,3)4/h10-11,13H,8-9H2,1-7H3. The Kier molecular flexibility index (Phi) is 6.41. The zero-order valence-corrected chi connectivity index (χ0v) is 11.4. The highest BCUT2D eigenvalue weighted by atomic mass is 16.5. The van der Waals surface area contributed by atoms with Gasteiger partial charge in [0.2, 0.25) is 0 Å². The van der Waals surface area contributed by atoms with Crippen molar-refractivity contribution in [2.75, 3.05) is 34.4 Å². The number of likely N-dealkylation sites (N-methyl/N-ethyl adjacent to an activating group) is 2. The number of nitrogens with one attached hydrogen (secondary N) is 1. The van der Waals surface area contributed by atoms with Gasteiger partial charge in [0.15, 0.2) is 0 Å². The number of hydrogen-bond donors (Lipinski definition) is 1. The van der Waals surface area contributed by atoms with Crippen LogP contribution in [0.5, 0.6) is 0 Å². The third-order valence-electron chi connectivity index (χ3n) is 3.02. The van der Waals surface area contributed by atoms with E-state index in [9.17, 15) is 0 Å². The van der Waals surface area contributed by atoms with E-state index in [1.165, 1.54) is 0 Å². The Bertz CT molecular complexity index is 165.